The van der Waals surface area contributed by atoms with Gasteiger partial charge in [0.05, 0.1) is 0 Å². The van der Waals surface area contributed by atoms with Crippen molar-refractivity contribution in [2.24, 2.45) is 0 Å². The molecule has 6 nitrogen and oxygen atoms in total. The van der Waals surface area contributed by atoms with E-state index in [2.05, 4.69) is 57.2 Å². The lowest BCUT2D eigenvalue weighted by Crippen LogP contribution is -2.30. The van der Waals surface area contributed by atoms with Crippen LogP contribution < -0.4 is 0 Å². The van der Waals surface area contributed by atoms with E-state index >= 15 is 0 Å². The summed E-state index contributed by atoms with van der Waals surface area (Å²) in [5.74, 6) is -0.886. The third kappa shape index (κ3) is 46.5. The van der Waals surface area contributed by atoms with Crippen molar-refractivity contribution >= 4 is 17.9 Å². The second-order valence-corrected chi connectivity index (χ2v) is 17.1. The van der Waals surface area contributed by atoms with Gasteiger partial charge in [-0.05, 0) is 57.8 Å². The lowest BCUT2D eigenvalue weighted by Gasteiger charge is -2.18. The Bertz CT molecular complexity index is 1000. The first-order chi connectivity index (χ1) is 29.0. The van der Waals surface area contributed by atoms with Crippen LogP contribution in [-0.2, 0) is 28.6 Å². The van der Waals surface area contributed by atoms with Gasteiger partial charge in [-0.3, -0.25) is 14.4 Å². The first kappa shape index (κ1) is 56.6. The molecule has 0 spiro atoms. The Morgan fingerprint density at radius 2 is 0.610 bits per heavy atom. The van der Waals surface area contributed by atoms with Crippen LogP contribution in [0.25, 0.3) is 0 Å². The zero-order chi connectivity index (χ0) is 43.0. The number of ether oxygens (including phenoxy) is 3. The molecular formula is C53H96O6. The Hall–Kier alpha value is -2.37. The van der Waals surface area contributed by atoms with E-state index in [0.717, 1.165) is 83.5 Å². The molecule has 1 unspecified atom stereocenters. The minimum absolute atomic E-state index is 0.0729. The van der Waals surface area contributed by atoms with E-state index in [1.165, 1.54) is 141 Å². The summed E-state index contributed by atoms with van der Waals surface area (Å²) in [6.45, 7) is 6.55. The number of esters is 3. The van der Waals surface area contributed by atoms with E-state index in [1.807, 2.05) is 0 Å². The van der Waals surface area contributed by atoms with Gasteiger partial charge in [0, 0.05) is 19.3 Å². The first-order valence-electron chi connectivity index (χ1n) is 25.5. The van der Waals surface area contributed by atoms with Crippen LogP contribution in [0.1, 0.15) is 265 Å². The lowest BCUT2D eigenvalue weighted by molar-refractivity contribution is -0.167. The summed E-state index contributed by atoms with van der Waals surface area (Å²) in [6.07, 6.45) is 55.9. The molecule has 0 heterocycles. The number of rotatable bonds is 46. The van der Waals surface area contributed by atoms with E-state index in [1.54, 1.807) is 0 Å². The van der Waals surface area contributed by atoms with Crippen LogP contribution in [0.15, 0.2) is 36.5 Å². The Morgan fingerprint density at radius 3 is 0.949 bits per heavy atom. The number of hydrogen-bond donors (Lipinski definition) is 0. The molecule has 0 aromatic rings. The predicted octanol–water partition coefficient (Wildman–Crippen LogP) is 16.5. The number of carbonyl (C=O) groups is 3. The number of hydrogen-bond acceptors (Lipinski definition) is 6. The normalized spacial score (nSPS) is 12.3. The molecule has 344 valence electrons. The molecular weight excluding hydrogens is 733 g/mol. The smallest absolute Gasteiger partial charge is 0.306 e. The van der Waals surface area contributed by atoms with E-state index < -0.39 is 6.10 Å². The van der Waals surface area contributed by atoms with Gasteiger partial charge >= 0.3 is 17.9 Å². The monoisotopic (exact) mass is 829 g/mol. The second-order valence-electron chi connectivity index (χ2n) is 17.1. The van der Waals surface area contributed by atoms with Crippen molar-refractivity contribution in [1.29, 1.82) is 0 Å². The van der Waals surface area contributed by atoms with Crippen molar-refractivity contribution in [2.45, 2.75) is 271 Å². The summed E-state index contributed by atoms with van der Waals surface area (Å²) < 4.78 is 16.6. The largest absolute Gasteiger partial charge is 0.462 e. The van der Waals surface area contributed by atoms with Gasteiger partial charge in [-0.2, -0.15) is 0 Å². The summed E-state index contributed by atoms with van der Waals surface area (Å²) in [7, 11) is 0. The topological polar surface area (TPSA) is 78.9 Å². The van der Waals surface area contributed by atoms with Crippen LogP contribution in [0.2, 0.25) is 0 Å². The second kappa shape index (κ2) is 48.3. The Morgan fingerprint density at radius 1 is 0.339 bits per heavy atom. The molecule has 0 rings (SSSR count). The van der Waals surface area contributed by atoms with E-state index in [0.29, 0.717) is 19.3 Å². The van der Waals surface area contributed by atoms with Crippen LogP contribution >= 0.6 is 0 Å². The number of carbonyl (C=O) groups excluding carboxylic acids is 3. The average molecular weight is 829 g/mol. The maximum Gasteiger partial charge on any atom is 0.306 e. The summed E-state index contributed by atoms with van der Waals surface area (Å²) in [5, 5.41) is 0. The molecule has 0 aliphatic rings. The molecule has 1 atom stereocenters. The third-order valence-electron chi connectivity index (χ3n) is 11.1. The number of unbranched alkanes of at least 4 members (excludes halogenated alkanes) is 29. The molecule has 59 heavy (non-hydrogen) atoms. The fraction of sp³-hybridized carbons (Fsp3) is 0.830. The molecule has 0 fully saturated rings. The molecule has 0 saturated carbocycles. The van der Waals surface area contributed by atoms with Gasteiger partial charge in [0.25, 0.3) is 0 Å². The zero-order valence-corrected chi connectivity index (χ0v) is 39.3. The Labute approximate surface area is 365 Å². The Kier molecular flexibility index (Phi) is 46.4. The number of allylic oxidation sites excluding steroid dienone is 6. The van der Waals surface area contributed by atoms with Crippen molar-refractivity contribution in [2.75, 3.05) is 13.2 Å². The van der Waals surface area contributed by atoms with Crippen LogP contribution in [0, 0.1) is 0 Å². The van der Waals surface area contributed by atoms with Gasteiger partial charge in [-0.15, -0.1) is 0 Å². The summed E-state index contributed by atoms with van der Waals surface area (Å²) in [4.78, 5) is 37.6. The maximum atomic E-state index is 12.7. The quantitative estimate of drug-likeness (QED) is 0.0263. The molecule has 0 aromatic heterocycles. The highest BCUT2D eigenvalue weighted by atomic mass is 16.6. The third-order valence-corrected chi connectivity index (χ3v) is 11.1. The van der Waals surface area contributed by atoms with E-state index in [-0.39, 0.29) is 31.1 Å². The molecule has 6 heteroatoms. The maximum absolute atomic E-state index is 12.7. The predicted molar refractivity (Wildman–Crippen MR) is 252 cm³/mol. The van der Waals surface area contributed by atoms with Gasteiger partial charge in [-0.25, -0.2) is 0 Å². The van der Waals surface area contributed by atoms with E-state index in [4.69, 9.17) is 14.2 Å². The Balaban J connectivity index is 4.11. The summed E-state index contributed by atoms with van der Waals surface area (Å²) >= 11 is 0. The molecule has 0 N–H and O–H groups in total. The molecule has 0 radical (unpaired) electrons. The van der Waals surface area contributed by atoms with Crippen molar-refractivity contribution in [3.8, 4) is 0 Å². The van der Waals surface area contributed by atoms with Gasteiger partial charge in [-0.1, -0.05) is 224 Å². The summed E-state index contributed by atoms with van der Waals surface area (Å²) in [6, 6.07) is 0. The van der Waals surface area contributed by atoms with Crippen molar-refractivity contribution in [1.82, 2.24) is 0 Å². The van der Waals surface area contributed by atoms with Crippen LogP contribution in [0.5, 0.6) is 0 Å². The SMILES string of the molecule is CCCCCCC/C=C\C/C=C\C/C=C\CCCCCCCCCCC(=O)OCC(COC(=O)CCCCCCC)OC(=O)CCCCCCCCCCCCCCC. The van der Waals surface area contributed by atoms with Crippen LogP contribution in [0.3, 0.4) is 0 Å². The highest BCUT2D eigenvalue weighted by Crippen LogP contribution is 2.15. The highest BCUT2D eigenvalue weighted by molar-refractivity contribution is 5.71. The fourth-order valence-electron chi connectivity index (χ4n) is 7.27. The molecule has 0 amide bonds. The standard InChI is InChI=1S/C53H96O6/c1-4-7-10-13-15-17-19-21-22-23-24-25-26-27-28-29-30-32-33-35-37-40-43-46-52(55)58-49-50(48-57-51(54)45-42-39-12-9-6-3)59-53(56)47-44-41-38-36-34-31-20-18-16-14-11-8-5-2/h19,21,23-24,26-27,50H,4-18,20,22,25,28-49H2,1-3H3/b21-19-,24-23-,27-26-. The average Bonchev–Trinajstić information content (AvgIpc) is 3.23. The van der Waals surface area contributed by atoms with Crippen LogP contribution in [0.4, 0.5) is 0 Å². The van der Waals surface area contributed by atoms with Gasteiger partial charge in [0.1, 0.15) is 13.2 Å². The zero-order valence-electron chi connectivity index (χ0n) is 39.3. The van der Waals surface area contributed by atoms with E-state index in [9.17, 15) is 14.4 Å². The molecule has 0 aliphatic carbocycles. The molecule has 0 saturated heterocycles. The van der Waals surface area contributed by atoms with Gasteiger partial charge in [0.15, 0.2) is 6.10 Å². The lowest BCUT2D eigenvalue weighted by atomic mass is 10.0. The van der Waals surface area contributed by atoms with Crippen molar-refractivity contribution in [3.05, 3.63) is 36.5 Å². The van der Waals surface area contributed by atoms with Crippen molar-refractivity contribution < 1.29 is 28.6 Å². The highest BCUT2D eigenvalue weighted by Gasteiger charge is 2.19. The first-order valence-corrected chi connectivity index (χ1v) is 25.5. The molecule has 0 aliphatic heterocycles. The minimum Gasteiger partial charge on any atom is -0.462 e. The van der Waals surface area contributed by atoms with Crippen LogP contribution in [-0.4, -0.2) is 37.2 Å². The minimum atomic E-state index is -0.767. The fourth-order valence-corrected chi connectivity index (χ4v) is 7.27. The molecule has 0 bridgehead atoms. The summed E-state index contributed by atoms with van der Waals surface area (Å²) in [5.41, 5.74) is 0. The van der Waals surface area contributed by atoms with Gasteiger partial charge in [0.2, 0.25) is 0 Å². The van der Waals surface area contributed by atoms with Gasteiger partial charge < -0.3 is 14.2 Å². The molecule has 0 aromatic carbocycles. The van der Waals surface area contributed by atoms with Crippen molar-refractivity contribution in [3.63, 3.8) is 0 Å².